The molecule has 0 spiro atoms. The lowest BCUT2D eigenvalue weighted by atomic mass is 9.95. The van der Waals surface area contributed by atoms with E-state index in [9.17, 15) is 86.8 Å². The summed E-state index contributed by atoms with van der Waals surface area (Å²) in [4.78, 5) is 0. The first-order chi connectivity index (χ1) is 26.5. The highest BCUT2D eigenvalue weighted by Gasteiger charge is 2.56. The molecule has 0 aromatic rings. The second-order valence-corrected chi connectivity index (χ2v) is 13.9. The standard InChI is InChI=1S/C30H52O26/c31-1-6-11(36)12(37)18(43)27(49-6)54-23-8(3-33)51-29(20(45)14(23)39)56-25-10(5-35)52-30(21(46)16(25)41)55-24-9(4-34)50-28(19(44)15(24)40)53-22-7(2-32)48-26(47)17(42)13(22)38/h6-47H,1-5H2/t6?,7?,8?,9?,10?,11-,12?,13?,14?,15?,16?,17?,18?,19?,20?,21?,22?,23?,24?,25?,26-,27+,28+,29+,30+/m1/s1. The number of aliphatic hydroxyl groups is 17. The number of hydrogen-bond acceptors (Lipinski definition) is 26. The van der Waals surface area contributed by atoms with E-state index in [1.54, 1.807) is 0 Å². The molecule has 0 bridgehead atoms. The van der Waals surface area contributed by atoms with Crippen LogP contribution < -0.4 is 0 Å². The van der Waals surface area contributed by atoms with Crippen molar-refractivity contribution in [1.82, 2.24) is 0 Å². The number of aliphatic hydroxyl groups excluding tert-OH is 17. The van der Waals surface area contributed by atoms with E-state index in [1.807, 2.05) is 0 Å². The van der Waals surface area contributed by atoms with E-state index in [2.05, 4.69) is 0 Å². The SMILES string of the molecule is OCC1O[C@@H](OC2C(CO)O[C@@H](OC3C(CO)O[C@@H](O)C(O)C3O)C(O)C2O)C(O)C(O)C1O[C@@H]1OC(CO)C(O[C@@H]2OC(CO)[C@@H](O)C(O)C2O)C(O)C1O. The van der Waals surface area contributed by atoms with Gasteiger partial charge in [0, 0.05) is 0 Å². The summed E-state index contributed by atoms with van der Waals surface area (Å²) in [5.41, 5.74) is 0. The predicted molar refractivity (Wildman–Crippen MR) is 167 cm³/mol. The fraction of sp³-hybridized carbons (Fsp3) is 1.00. The van der Waals surface area contributed by atoms with Gasteiger partial charge in [-0.3, -0.25) is 0 Å². The topological polar surface area (TPSA) is 427 Å². The minimum absolute atomic E-state index is 0.811. The molecule has 328 valence electrons. The Labute approximate surface area is 316 Å². The summed E-state index contributed by atoms with van der Waals surface area (Å²) in [7, 11) is 0. The van der Waals surface area contributed by atoms with Crippen molar-refractivity contribution in [3.63, 3.8) is 0 Å². The van der Waals surface area contributed by atoms with E-state index >= 15 is 0 Å². The first kappa shape index (κ1) is 46.0. The monoisotopic (exact) mass is 828 g/mol. The molecular weight excluding hydrogens is 776 g/mol. The summed E-state index contributed by atoms with van der Waals surface area (Å²) >= 11 is 0. The van der Waals surface area contributed by atoms with Crippen LogP contribution in [0.15, 0.2) is 0 Å². The molecule has 5 saturated heterocycles. The summed E-state index contributed by atoms with van der Waals surface area (Å²) < 4.78 is 49.1. The Balaban J connectivity index is 1.22. The summed E-state index contributed by atoms with van der Waals surface area (Å²) in [6, 6.07) is 0. The lowest BCUT2D eigenvalue weighted by Crippen LogP contribution is -2.68. The Kier molecular flexibility index (Phi) is 16.1. The lowest BCUT2D eigenvalue weighted by Gasteiger charge is -2.49. The molecule has 5 rings (SSSR count). The van der Waals surface area contributed by atoms with Crippen molar-refractivity contribution in [1.29, 1.82) is 0 Å². The van der Waals surface area contributed by atoms with Crippen molar-refractivity contribution in [2.24, 2.45) is 0 Å². The van der Waals surface area contributed by atoms with E-state index in [4.69, 9.17) is 42.6 Å². The quantitative estimate of drug-likeness (QED) is 0.0819. The Bertz CT molecular complexity index is 1200. The van der Waals surface area contributed by atoms with Crippen LogP contribution in [0.3, 0.4) is 0 Å². The van der Waals surface area contributed by atoms with Gasteiger partial charge in [0.25, 0.3) is 0 Å². The van der Waals surface area contributed by atoms with Crippen LogP contribution in [-0.4, -0.2) is 273 Å². The van der Waals surface area contributed by atoms with Gasteiger partial charge in [-0.25, -0.2) is 0 Å². The normalized spacial score (nSPS) is 53.2. The minimum Gasteiger partial charge on any atom is -0.394 e. The second-order valence-electron chi connectivity index (χ2n) is 13.9. The minimum atomic E-state index is -2.12. The highest BCUT2D eigenvalue weighted by molar-refractivity contribution is 4.99. The van der Waals surface area contributed by atoms with Gasteiger partial charge in [-0.1, -0.05) is 0 Å². The predicted octanol–water partition coefficient (Wildman–Crippen LogP) is -11.9. The van der Waals surface area contributed by atoms with Gasteiger partial charge < -0.3 is 129 Å². The highest BCUT2D eigenvalue weighted by Crippen LogP contribution is 2.35. The third-order valence-electron chi connectivity index (χ3n) is 10.3. The van der Waals surface area contributed by atoms with Crippen molar-refractivity contribution in [2.75, 3.05) is 33.0 Å². The van der Waals surface area contributed by atoms with Crippen LogP contribution in [0.5, 0.6) is 0 Å². The van der Waals surface area contributed by atoms with Gasteiger partial charge in [-0.2, -0.15) is 0 Å². The van der Waals surface area contributed by atoms with Gasteiger partial charge in [0.2, 0.25) is 0 Å². The van der Waals surface area contributed by atoms with Crippen LogP contribution in [0.4, 0.5) is 0 Å². The van der Waals surface area contributed by atoms with E-state index in [0.29, 0.717) is 0 Å². The third-order valence-corrected chi connectivity index (χ3v) is 10.3. The second kappa shape index (κ2) is 19.6. The van der Waals surface area contributed by atoms with Gasteiger partial charge in [-0.15, -0.1) is 0 Å². The molecule has 5 fully saturated rings. The Morgan fingerprint density at radius 2 is 0.518 bits per heavy atom. The zero-order chi connectivity index (χ0) is 41.3. The van der Waals surface area contributed by atoms with Gasteiger partial charge in [0.1, 0.15) is 122 Å². The molecule has 17 N–H and O–H groups in total. The van der Waals surface area contributed by atoms with Gasteiger partial charge in [-0.05, 0) is 0 Å². The molecule has 19 unspecified atom stereocenters. The molecule has 26 heteroatoms. The number of rotatable bonds is 13. The largest absolute Gasteiger partial charge is 0.394 e. The molecule has 25 atom stereocenters. The van der Waals surface area contributed by atoms with Crippen molar-refractivity contribution in [3.8, 4) is 0 Å². The molecule has 0 aromatic carbocycles. The summed E-state index contributed by atoms with van der Waals surface area (Å²) in [5.74, 6) is 0. The summed E-state index contributed by atoms with van der Waals surface area (Å²) in [6.45, 7) is -4.51. The van der Waals surface area contributed by atoms with Crippen molar-refractivity contribution >= 4 is 0 Å². The average molecular weight is 829 g/mol. The smallest absolute Gasteiger partial charge is 0.187 e. The molecule has 5 aliphatic rings. The van der Waals surface area contributed by atoms with E-state index in [-0.39, 0.29) is 0 Å². The third kappa shape index (κ3) is 9.16. The molecule has 0 aromatic heterocycles. The maximum Gasteiger partial charge on any atom is 0.187 e. The average Bonchev–Trinajstić information content (AvgIpc) is 3.19. The van der Waals surface area contributed by atoms with Crippen LogP contribution in [0.1, 0.15) is 0 Å². The van der Waals surface area contributed by atoms with Crippen LogP contribution in [0, 0.1) is 0 Å². The molecule has 0 amide bonds. The lowest BCUT2D eigenvalue weighted by molar-refractivity contribution is -0.392. The zero-order valence-electron chi connectivity index (χ0n) is 29.2. The first-order valence-corrected chi connectivity index (χ1v) is 17.6. The summed E-state index contributed by atoms with van der Waals surface area (Å²) in [5, 5.41) is 176. The first-order valence-electron chi connectivity index (χ1n) is 17.6. The molecular formula is C30H52O26. The van der Waals surface area contributed by atoms with E-state index in [0.717, 1.165) is 0 Å². The Morgan fingerprint density at radius 1 is 0.268 bits per heavy atom. The molecule has 5 aliphatic heterocycles. The Morgan fingerprint density at radius 3 is 0.821 bits per heavy atom. The Hall–Kier alpha value is -1.04. The number of hydrogen-bond donors (Lipinski definition) is 17. The molecule has 5 heterocycles. The molecule has 0 aliphatic carbocycles. The van der Waals surface area contributed by atoms with Crippen molar-refractivity contribution in [3.05, 3.63) is 0 Å². The maximum atomic E-state index is 11.1. The molecule has 26 nitrogen and oxygen atoms in total. The van der Waals surface area contributed by atoms with Crippen molar-refractivity contribution in [2.45, 2.75) is 154 Å². The van der Waals surface area contributed by atoms with Crippen LogP contribution in [0.25, 0.3) is 0 Å². The van der Waals surface area contributed by atoms with Crippen LogP contribution in [0.2, 0.25) is 0 Å². The molecule has 56 heavy (non-hydrogen) atoms. The fourth-order valence-electron chi connectivity index (χ4n) is 7.03. The fourth-order valence-corrected chi connectivity index (χ4v) is 7.03. The zero-order valence-corrected chi connectivity index (χ0v) is 29.2. The van der Waals surface area contributed by atoms with E-state index in [1.165, 1.54) is 0 Å². The van der Waals surface area contributed by atoms with Gasteiger partial charge in [0.05, 0.1) is 33.0 Å². The van der Waals surface area contributed by atoms with Gasteiger partial charge >= 0.3 is 0 Å². The summed E-state index contributed by atoms with van der Waals surface area (Å²) in [6.07, 6.45) is -45.8. The maximum absolute atomic E-state index is 11.1. The van der Waals surface area contributed by atoms with Crippen LogP contribution >= 0.6 is 0 Å². The van der Waals surface area contributed by atoms with Crippen LogP contribution in [-0.2, 0) is 42.6 Å². The molecule has 0 saturated carbocycles. The van der Waals surface area contributed by atoms with Crippen molar-refractivity contribution < 1.29 is 129 Å². The number of ether oxygens (including phenoxy) is 9. The van der Waals surface area contributed by atoms with Gasteiger partial charge in [0.15, 0.2) is 31.5 Å². The van der Waals surface area contributed by atoms with E-state index < -0.39 is 187 Å². The highest BCUT2D eigenvalue weighted by atomic mass is 16.8. The molecule has 0 radical (unpaired) electrons.